The van der Waals surface area contributed by atoms with E-state index in [0.29, 0.717) is 19.0 Å². The number of nitrogens with two attached hydrogens (primary N) is 2. The van der Waals surface area contributed by atoms with E-state index in [9.17, 15) is 9.59 Å². The van der Waals surface area contributed by atoms with Crippen molar-refractivity contribution in [2.45, 2.75) is 20.3 Å². The Labute approximate surface area is 95.0 Å². The maximum absolute atomic E-state index is 11.0. The average Bonchev–Trinajstić information content (AvgIpc) is 2.13. The summed E-state index contributed by atoms with van der Waals surface area (Å²) in [6, 6.07) is 0. The first kappa shape index (κ1) is 14.8. The van der Waals surface area contributed by atoms with Gasteiger partial charge in [-0.2, -0.15) is 0 Å². The summed E-state index contributed by atoms with van der Waals surface area (Å²) in [5.74, 6) is 4.33. The molecule has 0 aromatic heterocycles. The third-order valence-electron chi connectivity index (χ3n) is 1.81. The quantitative estimate of drug-likeness (QED) is 0.356. The summed E-state index contributed by atoms with van der Waals surface area (Å²) in [4.78, 5) is 28.0. The second kappa shape index (κ2) is 8.03. The topological polar surface area (TPSA) is 111 Å². The Hall–Kier alpha value is -1.18. The number of carbonyl (C=O) groups excluding carboxylic acids is 2. The second-order valence-corrected chi connectivity index (χ2v) is 3.94. The molecule has 0 atom stereocenters. The van der Waals surface area contributed by atoms with Gasteiger partial charge in [-0.1, -0.05) is 19.4 Å². The van der Waals surface area contributed by atoms with E-state index < -0.39 is 11.9 Å². The van der Waals surface area contributed by atoms with Crippen LogP contribution in [-0.4, -0.2) is 36.4 Å². The van der Waals surface area contributed by atoms with Gasteiger partial charge < -0.3 is 10.6 Å². The molecule has 0 rings (SSSR count). The Morgan fingerprint density at radius 2 is 2.06 bits per heavy atom. The van der Waals surface area contributed by atoms with Crippen LogP contribution in [0.3, 0.4) is 0 Å². The third-order valence-corrected chi connectivity index (χ3v) is 1.81. The molecular formula is C9H20N4O3. The van der Waals surface area contributed by atoms with Crippen LogP contribution in [0.25, 0.3) is 0 Å². The lowest BCUT2D eigenvalue weighted by Gasteiger charge is -2.21. The molecule has 0 heterocycles. The van der Waals surface area contributed by atoms with Crippen LogP contribution in [0.5, 0.6) is 0 Å². The molecule has 0 spiro atoms. The molecule has 1 amide bonds. The first-order valence-electron chi connectivity index (χ1n) is 5.11. The molecule has 16 heavy (non-hydrogen) atoms. The Bertz CT molecular complexity index is 233. The van der Waals surface area contributed by atoms with Gasteiger partial charge in [0, 0.05) is 13.1 Å². The van der Waals surface area contributed by atoms with E-state index in [-0.39, 0.29) is 13.0 Å². The molecule has 0 unspecified atom stereocenters. The van der Waals surface area contributed by atoms with Gasteiger partial charge >= 0.3 is 5.97 Å². The van der Waals surface area contributed by atoms with Crippen LogP contribution in [0.4, 0.5) is 0 Å². The second-order valence-electron chi connectivity index (χ2n) is 3.94. The van der Waals surface area contributed by atoms with Crippen molar-refractivity contribution in [3.8, 4) is 0 Å². The van der Waals surface area contributed by atoms with Gasteiger partial charge in [-0.05, 0) is 5.92 Å². The number of hydrogen-bond donors (Lipinski definition) is 3. The van der Waals surface area contributed by atoms with Crippen molar-refractivity contribution in [1.82, 2.24) is 10.5 Å². The van der Waals surface area contributed by atoms with E-state index in [1.54, 1.807) is 0 Å². The van der Waals surface area contributed by atoms with Gasteiger partial charge in [-0.3, -0.25) is 14.5 Å². The fourth-order valence-corrected chi connectivity index (χ4v) is 1.34. The fourth-order valence-electron chi connectivity index (χ4n) is 1.34. The highest BCUT2D eigenvalue weighted by Crippen LogP contribution is 2.00. The van der Waals surface area contributed by atoms with E-state index in [0.717, 1.165) is 0 Å². The van der Waals surface area contributed by atoms with Crippen molar-refractivity contribution < 1.29 is 14.4 Å². The molecule has 7 heteroatoms. The summed E-state index contributed by atoms with van der Waals surface area (Å²) in [6.45, 7) is 5.30. The minimum absolute atomic E-state index is 0.140. The maximum atomic E-state index is 11.0. The molecule has 7 nitrogen and oxygen atoms in total. The molecule has 0 radical (unpaired) electrons. The molecule has 0 aliphatic carbocycles. The van der Waals surface area contributed by atoms with Crippen LogP contribution < -0.4 is 17.2 Å². The largest absolute Gasteiger partial charge is 0.369 e. The standard InChI is InChI=1S/C9H20N4O3/c1-7(2)5-13(6-8(10)14)4-3-9(15)16-12-11/h7,12H,3-6,11H2,1-2H3,(H2,10,14). The Kier molecular flexibility index (Phi) is 7.44. The van der Waals surface area contributed by atoms with Gasteiger partial charge in [0.05, 0.1) is 13.0 Å². The van der Waals surface area contributed by atoms with Crippen LogP contribution in [0.15, 0.2) is 0 Å². The summed E-state index contributed by atoms with van der Waals surface area (Å²) in [7, 11) is 0. The van der Waals surface area contributed by atoms with Crippen LogP contribution >= 0.6 is 0 Å². The van der Waals surface area contributed by atoms with E-state index >= 15 is 0 Å². The van der Waals surface area contributed by atoms with Gasteiger partial charge in [0.15, 0.2) is 0 Å². The van der Waals surface area contributed by atoms with Crippen molar-refractivity contribution in [3.63, 3.8) is 0 Å². The summed E-state index contributed by atoms with van der Waals surface area (Å²) >= 11 is 0. The molecule has 5 N–H and O–H groups in total. The molecule has 0 fully saturated rings. The molecule has 0 saturated heterocycles. The van der Waals surface area contributed by atoms with E-state index in [1.165, 1.54) is 0 Å². The zero-order valence-electron chi connectivity index (χ0n) is 9.73. The summed E-state index contributed by atoms with van der Waals surface area (Å²) in [6.07, 6.45) is 0.157. The van der Waals surface area contributed by atoms with E-state index in [4.69, 9.17) is 11.6 Å². The monoisotopic (exact) mass is 232 g/mol. The molecule has 0 bridgehead atoms. The number of nitrogens with zero attached hydrogens (tertiary/aromatic N) is 1. The van der Waals surface area contributed by atoms with Crippen molar-refractivity contribution >= 4 is 11.9 Å². The van der Waals surface area contributed by atoms with Gasteiger partial charge in [0.25, 0.3) is 0 Å². The third kappa shape index (κ3) is 8.16. The lowest BCUT2D eigenvalue weighted by molar-refractivity contribution is -0.151. The highest BCUT2D eigenvalue weighted by Gasteiger charge is 2.12. The predicted molar refractivity (Wildman–Crippen MR) is 58.5 cm³/mol. The predicted octanol–water partition coefficient (Wildman–Crippen LogP) is -1.26. The van der Waals surface area contributed by atoms with Crippen molar-refractivity contribution in [2.24, 2.45) is 17.5 Å². The van der Waals surface area contributed by atoms with Crippen molar-refractivity contribution in [2.75, 3.05) is 19.6 Å². The van der Waals surface area contributed by atoms with E-state index in [2.05, 4.69) is 4.84 Å². The van der Waals surface area contributed by atoms with Crippen LogP contribution in [0, 0.1) is 5.92 Å². The van der Waals surface area contributed by atoms with Gasteiger partial charge in [0.2, 0.25) is 5.91 Å². The molecule has 0 saturated carbocycles. The molecular weight excluding hydrogens is 212 g/mol. The Balaban J connectivity index is 4.00. The number of amides is 1. The minimum atomic E-state index is -0.472. The molecule has 0 aliphatic rings. The smallest absolute Gasteiger partial charge is 0.327 e. The van der Waals surface area contributed by atoms with Crippen molar-refractivity contribution in [1.29, 1.82) is 0 Å². The highest BCUT2D eigenvalue weighted by molar-refractivity contribution is 5.76. The van der Waals surface area contributed by atoms with Gasteiger partial charge in [-0.25, -0.2) is 5.84 Å². The lowest BCUT2D eigenvalue weighted by Crippen LogP contribution is -2.38. The van der Waals surface area contributed by atoms with Gasteiger partial charge in [-0.15, -0.1) is 0 Å². The number of rotatable bonds is 8. The summed E-state index contributed by atoms with van der Waals surface area (Å²) in [5.41, 5.74) is 6.92. The Morgan fingerprint density at radius 1 is 1.44 bits per heavy atom. The lowest BCUT2D eigenvalue weighted by atomic mass is 10.2. The summed E-state index contributed by atoms with van der Waals surface area (Å²) in [5, 5.41) is 0. The van der Waals surface area contributed by atoms with Crippen LogP contribution in [0.1, 0.15) is 20.3 Å². The highest BCUT2D eigenvalue weighted by atomic mass is 16.7. The average molecular weight is 232 g/mol. The SMILES string of the molecule is CC(C)CN(CCC(=O)ONN)CC(N)=O. The zero-order chi connectivity index (χ0) is 12.6. The fraction of sp³-hybridized carbons (Fsp3) is 0.778. The summed E-state index contributed by atoms with van der Waals surface area (Å²) < 4.78 is 0. The normalized spacial score (nSPS) is 10.8. The first-order chi connectivity index (χ1) is 7.45. The van der Waals surface area contributed by atoms with Crippen LogP contribution in [-0.2, 0) is 14.4 Å². The van der Waals surface area contributed by atoms with Crippen LogP contribution in [0.2, 0.25) is 0 Å². The number of hydrogen-bond acceptors (Lipinski definition) is 6. The van der Waals surface area contributed by atoms with Crippen molar-refractivity contribution in [3.05, 3.63) is 0 Å². The minimum Gasteiger partial charge on any atom is -0.369 e. The molecule has 0 aromatic rings. The zero-order valence-corrected chi connectivity index (χ0v) is 9.73. The Morgan fingerprint density at radius 3 is 2.50 bits per heavy atom. The maximum Gasteiger partial charge on any atom is 0.327 e. The first-order valence-corrected chi connectivity index (χ1v) is 5.11. The van der Waals surface area contributed by atoms with E-state index in [1.807, 2.05) is 24.3 Å². The molecule has 0 aromatic carbocycles. The molecule has 94 valence electrons. The number of primary amides is 1. The number of carbonyl (C=O) groups is 2. The number of hydrazine groups is 1. The number of nitrogens with one attached hydrogen (secondary N) is 1. The molecule has 0 aliphatic heterocycles. The van der Waals surface area contributed by atoms with Gasteiger partial charge in [0.1, 0.15) is 0 Å².